The van der Waals surface area contributed by atoms with Crippen molar-refractivity contribution < 1.29 is 4.74 Å². The first kappa shape index (κ1) is 13.4. The van der Waals surface area contributed by atoms with Crippen LogP contribution in [0.5, 0.6) is 6.01 Å². The Labute approximate surface area is 112 Å². The normalized spacial score (nSPS) is 16.7. The molecular formula is C12H20N4OS. The third kappa shape index (κ3) is 4.01. The average molecular weight is 268 g/mol. The van der Waals surface area contributed by atoms with Crippen LogP contribution in [0.4, 0.5) is 5.95 Å². The number of nitrogen functional groups attached to an aromatic ring is 1. The molecule has 5 nitrogen and oxygen atoms in total. The van der Waals surface area contributed by atoms with Crippen molar-refractivity contribution in [1.82, 2.24) is 15.0 Å². The van der Waals surface area contributed by atoms with Crippen molar-refractivity contribution in [2.45, 2.75) is 55.9 Å². The van der Waals surface area contributed by atoms with Gasteiger partial charge in [0, 0.05) is 5.25 Å². The minimum atomic E-state index is 0.245. The molecule has 1 aliphatic rings. The summed E-state index contributed by atoms with van der Waals surface area (Å²) in [5, 5.41) is 1.31. The van der Waals surface area contributed by atoms with Crippen LogP contribution in [0.15, 0.2) is 5.16 Å². The van der Waals surface area contributed by atoms with Crippen molar-refractivity contribution in [3.05, 3.63) is 0 Å². The van der Waals surface area contributed by atoms with Gasteiger partial charge in [-0.15, -0.1) is 0 Å². The highest BCUT2D eigenvalue weighted by atomic mass is 32.2. The lowest BCUT2D eigenvalue weighted by atomic mass is 10.0. The number of nitrogens with two attached hydrogens (primary N) is 1. The molecule has 1 aromatic heterocycles. The highest BCUT2D eigenvalue weighted by Crippen LogP contribution is 2.32. The molecule has 6 heteroatoms. The van der Waals surface area contributed by atoms with Crippen molar-refractivity contribution in [3.63, 3.8) is 0 Å². The van der Waals surface area contributed by atoms with Crippen molar-refractivity contribution in [3.8, 4) is 6.01 Å². The van der Waals surface area contributed by atoms with Crippen molar-refractivity contribution in [2.24, 2.45) is 0 Å². The van der Waals surface area contributed by atoms with Gasteiger partial charge in [0.15, 0.2) is 5.16 Å². The van der Waals surface area contributed by atoms with Gasteiger partial charge in [0.2, 0.25) is 5.95 Å². The maximum absolute atomic E-state index is 5.68. The van der Waals surface area contributed by atoms with E-state index in [1.807, 2.05) is 6.92 Å². The summed E-state index contributed by atoms with van der Waals surface area (Å²) in [6.45, 7) is 2.65. The lowest BCUT2D eigenvalue weighted by Gasteiger charge is -2.19. The van der Waals surface area contributed by atoms with Gasteiger partial charge in [0.05, 0.1) is 6.61 Å². The Bertz CT molecular complexity index is 382. The number of hydrogen-bond acceptors (Lipinski definition) is 6. The van der Waals surface area contributed by atoms with Crippen molar-refractivity contribution in [2.75, 3.05) is 12.3 Å². The summed E-state index contributed by atoms with van der Waals surface area (Å²) in [5.74, 6) is 0.245. The second-order valence-corrected chi connectivity index (χ2v) is 5.75. The number of rotatable bonds is 5. The zero-order valence-corrected chi connectivity index (χ0v) is 11.6. The standard InChI is InChI=1S/C12H20N4OS/c1-2-8-17-11-14-10(13)15-12(16-11)18-9-6-4-3-5-7-9/h9H,2-8H2,1H3,(H2,13,14,15,16). The van der Waals surface area contributed by atoms with Gasteiger partial charge in [0.1, 0.15) is 0 Å². The molecule has 18 heavy (non-hydrogen) atoms. The van der Waals surface area contributed by atoms with Crippen molar-refractivity contribution >= 4 is 17.7 Å². The van der Waals surface area contributed by atoms with E-state index >= 15 is 0 Å². The van der Waals surface area contributed by atoms with Crippen LogP contribution < -0.4 is 10.5 Å². The van der Waals surface area contributed by atoms with Gasteiger partial charge in [-0.25, -0.2) is 0 Å². The Kier molecular flexibility index (Phi) is 5.04. The van der Waals surface area contributed by atoms with E-state index in [1.165, 1.54) is 32.1 Å². The topological polar surface area (TPSA) is 73.9 Å². The van der Waals surface area contributed by atoms with Crippen LogP contribution in [0.1, 0.15) is 45.4 Å². The first-order chi connectivity index (χ1) is 8.78. The van der Waals surface area contributed by atoms with Gasteiger partial charge in [-0.2, -0.15) is 15.0 Å². The van der Waals surface area contributed by atoms with Gasteiger partial charge < -0.3 is 10.5 Å². The minimum Gasteiger partial charge on any atom is -0.463 e. The number of hydrogen-bond donors (Lipinski definition) is 1. The Morgan fingerprint density at radius 1 is 1.22 bits per heavy atom. The number of ether oxygens (including phenoxy) is 1. The van der Waals surface area contributed by atoms with E-state index in [0.717, 1.165) is 6.42 Å². The smallest absolute Gasteiger partial charge is 0.322 e. The molecule has 1 heterocycles. The molecule has 1 aromatic rings. The molecule has 1 fully saturated rings. The number of nitrogens with zero attached hydrogens (tertiary/aromatic N) is 3. The zero-order chi connectivity index (χ0) is 12.8. The summed E-state index contributed by atoms with van der Waals surface area (Å²) < 4.78 is 5.41. The van der Waals surface area contributed by atoms with Gasteiger partial charge in [-0.3, -0.25) is 0 Å². The Morgan fingerprint density at radius 2 is 2.00 bits per heavy atom. The molecule has 1 saturated carbocycles. The van der Waals surface area contributed by atoms with Gasteiger partial charge in [0.25, 0.3) is 0 Å². The second kappa shape index (κ2) is 6.78. The van der Waals surface area contributed by atoms with Gasteiger partial charge in [-0.05, 0) is 19.3 Å². The number of anilines is 1. The van der Waals surface area contributed by atoms with Crippen LogP contribution in [0.25, 0.3) is 0 Å². The number of thioether (sulfide) groups is 1. The molecule has 0 aliphatic heterocycles. The van der Waals surface area contributed by atoms with Crippen LogP contribution in [-0.4, -0.2) is 26.8 Å². The molecule has 0 aromatic carbocycles. The molecule has 0 saturated heterocycles. The zero-order valence-electron chi connectivity index (χ0n) is 10.8. The third-order valence-corrected chi connectivity index (χ3v) is 4.07. The predicted molar refractivity (Wildman–Crippen MR) is 72.8 cm³/mol. The Morgan fingerprint density at radius 3 is 2.72 bits per heavy atom. The lowest BCUT2D eigenvalue weighted by Crippen LogP contribution is -2.10. The maximum Gasteiger partial charge on any atom is 0.322 e. The van der Waals surface area contributed by atoms with E-state index in [4.69, 9.17) is 10.5 Å². The summed E-state index contributed by atoms with van der Waals surface area (Å²) in [6.07, 6.45) is 7.36. The molecule has 1 aliphatic carbocycles. The Hall–Kier alpha value is -1.04. The molecule has 2 rings (SSSR count). The van der Waals surface area contributed by atoms with Crippen LogP contribution in [-0.2, 0) is 0 Å². The van der Waals surface area contributed by atoms with E-state index in [2.05, 4.69) is 15.0 Å². The molecule has 0 unspecified atom stereocenters. The summed E-state index contributed by atoms with van der Waals surface area (Å²) in [4.78, 5) is 12.5. The maximum atomic E-state index is 5.68. The first-order valence-electron chi connectivity index (χ1n) is 6.59. The van der Waals surface area contributed by atoms with E-state index < -0.39 is 0 Å². The fourth-order valence-corrected chi connectivity index (χ4v) is 3.14. The minimum absolute atomic E-state index is 0.245. The fraction of sp³-hybridized carbons (Fsp3) is 0.750. The number of aromatic nitrogens is 3. The highest BCUT2D eigenvalue weighted by molar-refractivity contribution is 7.99. The molecule has 0 radical (unpaired) electrons. The second-order valence-electron chi connectivity index (χ2n) is 4.49. The summed E-state index contributed by atoms with van der Waals surface area (Å²) in [5.41, 5.74) is 5.68. The van der Waals surface area contributed by atoms with Crippen molar-refractivity contribution in [1.29, 1.82) is 0 Å². The van der Waals surface area contributed by atoms with Crippen LogP contribution >= 0.6 is 11.8 Å². The predicted octanol–water partition coefficient (Wildman–Crippen LogP) is 2.67. The first-order valence-corrected chi connectivity index (χ1v) is 7.47. The molecule has 2 N–H and O–H groups in total. The lowest BCUT2D eigenvalue weighted by molar-refractivity contribution is 0.288. The molecule has 0 amide bonds. The monoisotopic (exact) mass is 268 g/mol. The molecule has 0 spiro atoms. The molecular weight excluding hydrogens is 248 g/mol. The molecule has 0 atom stereocenters. The van der Waals surface area contributed by atoms with Gasteiger partial charge in [-0.1, -0.05) is 37.9 Å². The quantitative estimate of drug-likeness (QED) is 0.885. The van der Waals surface area contributed by atoms with Crippen LogP contribution in [0, 0.1) is 0 Å². The fourth-order valence-electron chi connectivity index (χ4n) is 2.00. The SMILES string of the molecule is CCCOc1nc(N)nc(SC2CCCCC2)n1. The average Bonchev–Trinajstić information content (AvgIpc) is 2.37. The van der Waals surface area contributed by atoms with E-state index in [0.29, 0.717) is 23.0 Å². The summed E-state index contributed by atoms with van der Waals surface area (Å²) in [6, 6.07) is 0.350. The summed E-state index contributed by atoms with van der Waals surface area (Å²) >= 11 is 1.70. The van der Waals surface area contributed by atoms with Gasteiger partial charge >= 0.3 is 6.01 Å². The third-order valence-electron chi connectivity index (χ3n) is 2.87. The Balaban J connectivity index is 1.99. The molecule has 100 valence electrons. The van der Waals surface area contributed by atoms with Crippen LogP contribution in [0.3, 0.4) is 0 Å². The van der Waals surface area contributed by atoms with E-state index in [9.17, 15) is 0 Å². The van der Waals surface area contributed by atoms with E-state index in [1.54, 1.807) is 11.8 Å². The largest absolute Gasteiger partial charge is 0.463 e. The van der Waals surface area contributed by atoms with Crippen LogP contribution in [0.2, 0.25) is 0 Å². The molecule has 0 bridgehead atoms. The highest BCUT2D eigenvalue weighted by Gasteiger charge is 2.17. The van der Waals surface area contributed by atoms with E-state index in [-0.39, 0.29) is 5.95 Å². The summed E-state index contributed by atoms with van der Waals surface area (Å²) in [7, 11) is 0.